The Morgan fingerprint density at radius 1 is 1.27 bits per heavy atom. The molecule has 1 aliphatic heterocycles. The van der Waals surface area contributed by atoms with Gasteiger partial charge in [0.25, 0.3) is 0 Å². The molecule has 0 bridgehead atoms. The number of nitrogens with zero attached hydrogens (tertiary/aromatic N) is 2. The monoisotopic (exact) mass is 394 g/mol. The number of aromatic nitrogens is 1. The largest absolute Gasteiger partial charge is 0.354 e. The molecule has 9 heteroatoms. The third kappa shape index (κ3) is 4.72. The van der Waals surface area contributed by atoms with E-state index in [4.69, 9.17) is 11.6 Å². The Labute approximate surface area is 157 Å². The summed E-state index contributed by atoms with van der Waals surface area (Å²) in [5.41, 5.74) is 0. The van der Waals surface area contributed by atoms with Crippen molar-refractivity contribution in [1.82, 2.24) is 15.0 Å². The molecular formula is C17H19ClN4O3S. The summed E-state index contributed by atoms with van der Waals surface area (Å²) >= 11 is 5.81. The van der Waals surface area contributed by atoms with E-state index in [0.717, 1.165) is 18.8 Å². The maximum Gasteiger partial charge on any atom is 0.241 e. The summed E-state index contributed by atoms with van der Waals surface area (Å²) < 4.78 is 26.7. The van der Waals surface area contributed by atoms with E-state index in [-0.39, 0.29) is 23.4 Å². The number of pyridine rings is 1. The highest BCUT2D eigenvalue weighted by Crippen LogP contribution is 2.17. The van der Waals surface area contributed by atoms with Gasteiger partial charge in [0.1, 0.15) is 5.82 Å². The maximum absolute atomic E-state index is 12.2. The van der Waals surface area contributed by atoms with E-state index in [9.17, 15) is 13.2 Å². The molecule has 0 radical (unpaired) electrons. The van der Waals surface area contributed by atoms with Gasteiger partial charge >= 0.3 is 0 Å². The van der Waals surface area contributed by atoms with Gasteiger partial charge in [-0.1, -0.05) is 23.7 Å². The van der Waals surface area contributed by atoms with E-state index >= 15 is 0 Å². The molecule has 2 aromatic rings. The number of hydrogen-bond acceptors (Lipinski definition) is 5. The third-order valence-electron chi connectivity index (χ3n) is 4.06. The first-order chi connectivity index (χ1) is 12.4. The van der Waals surface area contributed by atoms with Gasteiger partial charge < -0.3 is 10.2 Å². The first-order valence-corrected chi connectivity index (χ1v) is 10.0. The normalized spacial score (nSPS) is 17.3. The van der Waals surface area contributed by atoms with Crippen molar-refractivity contribution in [1.29, 1.82) is 0 Å². The van der Waals surface area contributed by atoms with Gasteiger partial charge in [-0.05, 0) is 36.8 Å². The molecule has 1 saturated heterocycles. The van der Waals surface area contributed by atoms with Crippen molar-refractivity contribution in [2.45, 2.75) is 17.4 Å². The van der Waals surface area contributed by atoms with Gasteiger partial charge in [-0.3, -0.25) is 4.79 Å². The standard InChI is InChI=1S/C17H19ClN4O3S/c18-13-4-3-5-15(10-13)26(24,25)20-11-17(23)21-14-7-9-22(12-14)16-6-1-2-8-19-16/h1-6,8,10,14,20H,7,9,11-12H2,(H,21,23)/t14-/m1/s1. The fourth-order valence-electron chi connectivity index (χ4n) is 2.78. The molecule has 0 spiro atoms. The van der Waals surface area contributed by atoms with Crippen molar-refractivity contribution >= 4 is 33.3 Å². The van der Waals surface area contributed by atoms with E-state index in [1.807, 2.05) is 18.2 Å². The fourth-order valence-corrected chi connectivity index (χ4v) is 4.07. The third-order valence-corrected chi connectivity index (χ3v) is 5.69. The highest BCUT2D eigenvalue weighted by Gasteiger charge is 2.25. The van der Waals surface area contributed by atoms with Gasteiger partial charge in [0.05, 0.1) is 11.4 Å². The second-order valence-corrected chi connectivity index (χ2v) is 8.17. The van der Waals surface area contributed by atoms with Crippen LogP contribution in [0.3, 0.4) is 0 Å². The van der Waals surface area contributed by atoms with Crippen LogP contribution in [-0.4, -0.2) is 45.0 Å². The minimum atomic E-state index is -3.78. The van der Waals surface area contributed by atoms with E-state index in [0.29, 0.717) is 11.6 Å². The SMILES string of the molecule is O=C(CNS(=O)(=O)c1cccc(Cl)c1)N[C@@H]1CCN(c2ccccn2)C1. The Morgan fingerprint density at radius 3 is 2.85 bits per heavy atom. The molecule has 138 valence electrons. The second kappa shape index (κ2) is 8.03. The van der Waals surface area contributed by atoms with Crippen LogP contribution in [0.5, 0.6) is 0 Å². The Morgan fingerprint density at radius 2 is 2.12 bits per heavy atom. The molecule has 2 N–H and O–H groups in total. The highest BCUT2D eigenvalue weighted by atomic mass is 35.5. The fraction of sp³-hybridized carbons (Fsp3) is 0.294. The first-order valence-electron chi connectivity index (χ1n) is 8.14. The summed E-state index contributed by atoms with van der Waals surface area (Å²) in [4.78, 5) is 18.5. The predicted molar refractivity (Wildman–Crippen MR) is 99.6 cm³/mol. The molecule has 26 heavy (non-hydrogen) atoms. The van der Waals surface area contributed by atoms with Gasteiger partial charge in [-0.2, -0.15) is 0 Å². The van der Waals surface area contributed by atoms with E-state index in [1.54, 1.807) is 18.3 Å². The Kier molecular flexibility index (Phi) is 5.75. The highest BCUT2D eigenvalue weighted by molar-refractivity contribution is 7.89. The van der Waals surface area contributed by atoms with Crippen molar-refractivity contribution in [3.05, 3.63) is 53.7 Å². The molecule has 1 aromatic carbocycles. The van der Waals surface area contributed by atoms with Gasteiger partial charge in [-0.15, -0.1) is 0 Å². The molecule has 1 amide bonds. The molecule has 1 atom stereocenters. The second-order valence-electron chi connectivity index (χ2n) is 5.97. The summed E-state index contributed by atoms with van der Waals surface area (Å²) in [5, 5.41) is 3.17. The smallest absolute Gasteiger partial charge is 0.241 e. The summed E-state index contributed by atoms with van der Waals surface area (Å²) in [6.07, 6.45) is 2.51. The molecule has 1 aliphatic rings. The van der Waals surface area contributed by atoms with Crippen molar-refractivity contribution in [2.24, 2.45) is 0 Å². The van der Waals surface area contributed by atoms with Crippen LogP contribution in [0.1, 0.15) is 6.42 Å². The van der Waals surface area contributed by atoms with Crippen LogP contribution in [0.25, 0.3) is 0 Å². The Balaban J connectivity index is 1.50. The zero-order chi connectivity index (χ0) is 18.6. The number of benzene rings is 1. The molecule has 0 unspecified atom stereocenters. The van der Waals surface area contributed by atoms with Crippen LogP contribution < -0.4 is 14.9 Å². The minimum Gasteiger partial charge on any atom is -0.354 e. The van der Waals surface area contributed by atoms with Crippen LogP contribution in [0, 0.1) is 0 Å². The summed E-state index contributed by atoms with van der Waals surface area (Å²) in [7, 11) is -3.78. The van der Waals surface area contributed by atoms with Crippen LogP contribution in [0.4, 0.5) is 5.82 Å². The van der Waals surface area contributed by atoms with Crippen molar-refractivity contribution in [3.63, 3.8) is 0 Å². The average Bonchev–Trinajstić information content (AvgIpc) is 3.09. The zero-order valence-corrected chi connectivity index (χ0v) is 15.5. The van der Waals surface area contributed by atoms with E-state index < -0.39 is 10.0 Å². The number of halogens is 1. The maximum atomic E-state index is 12.2. The van der Waals surface area contributed by atoms with E-state index in [1.165, 1.54) is 12.1 Å². The molecule has 0 aliphatic carbocycles. The minimum absolute atomic E-state index is 0.0278. The van der Waals surface area contributed by atoms with Crippen molar-refractivity contribution in [3.8, 4) is 0 Å². The quantitative estimate of drug-likeness (QED) is 0.772. The Hall–Kier alpha value is -2.16. The van der Waals surface area contributed by atoms with Crippen LogP contribution in [0.15, 0.2) is 53.6 Å². The summed E-state index contributed by atoms with van der Waals surface area (Å²) in [5.74, 6) is 0.495. The number of rotatable bonds is 6. The first kappa shape index (κ1) is 18.6. The van der Waals surface area contributed by atoms with E-state index in [2.05, 4.69) is 19.9 Å². The van der Waals surface area contributed by atoms with Crippen LogP contribution >= 0.6 is 11.6 Å². The molecule has 2 heterocycles. The number of carbonyl (C=O) groups is 1. The van der Waals surface area contributed by atoms with Gasteiger partial charge in [0.15, 0.2) is 0 Å². The van der Waals surface area contributed by atoms with Crippen molar-refractivity contribution < 1.29 is 13.2 Å². The topological polar surface area (TPSA) is 91.4 Å². The van der Waals surface area contributed by atoms with Gasteiger partial charge in [0, 0.05) is 30.4 Å². The molecule has 0 saturated carbocycles. The number of hydrogen-bond donors (Lipinski definition) is 2. The molecular weight excluding hydrogens is 376 g/mol. The molecule has 3 rings (SSSR count). The molecule has 1 aromatic heterocycles. The average molecular weight is 395 g/mol. The van der Waals surface area contributed by atoms with Gasteiger partial charge in [-0.25, -0.2) is 18.1 Å². The number of sulfonamides is 1. The number of carbonyl (C=O) groups excluding carboxylic acids is 1. The van der Waals surface area contributed by atoms with Crippen LogP contribution in [-0.2, 0) is 14.8 Å². The lowest BCUT2D eigenvalue weighted by Gasteiger charge is -2.17. The number of amides is 1. The number of anilines is 1. The number of nitrogens with one attached hydrogen (secondary N) is 2. The lowest BCUT2D eigenvalue weighted by atomic mass is 10.2. The van der Waals surface area contributed by atoms with Crippen LogP contribution in [0.2, 0.25) is 5.02 Å². The lowest BCUT2D eigenvalue weighted by Crippen LogP contribution is -2.43. The van der Waals surface area contributed by atoms with Gasteiger partial charge in [0.2, 0.25) is 15.9 Å². The lowest BCUT2D eigenvalue weighted by molar-refractivity contribution is -0.120. The summed E-state index contributed by atoms with van der Waals surface area (Å²) in [6.45, 7) is 1.11. The van der Waals surface area contributed by atoms with Crippen molar-refractivity contribution in [2.75, 3.05) is 24.5 Å². The Bertz CT molecular complexity index is 877. The summed E-state index contributed by atoms with van der Waals surface area (Å²) in [6, 6.07) is 11.5. The predicted octanol–water partition coefficient (Wildman–Crippen LogP) is 1.41. The molecule has 1 fully saturated rings. The molecule has 7 nitrogen and oxygen atoms in total. The zero-order valence-electron chi connectivity index (χ0n) is 13.9.